The molecule has 0 radical (unpaired) electrons. The van der Waals surface area contributed by atoms with Crippen molar-refractivity contribution in [3.63, 3.8) is 0 Å². The third kappa shape index (κ3) is 4.21. The van der Waals surface area contributed by atoms with Gasteiger partial charge in [0.1, 0.15) is 5.75 Å². The second kappa shape index (κ2) is 8.01. The van der Waals surface area contributed by atoms with Crippen LogP contribution in [0.5, 0.6) is 5.75 Å². The molecule has 2 aromatic rings. The van der Waals surface area contributed by atoms with Gasteiger partial charge in [-0.2, -0.15) is 5.10 Å². The number of benzene rings is 2. The van der Waals surface area contributed by atoms with Gasteiger partial charge in [-0.3, -0.25) is 9.59 Å². The lowest BCUT2D eigenvalue weighted by Gasteiger charge is -2.16. The summed E-state index contributed by atoms with van der Waals surface area (Å²) in [6.45, 7) is 0.320. The van der Waals surface area contributed by atoms with Crippen molar-refractivity contribution in [2.75, 3.05) is 18.6 Å². The van der Waals surface area contributed by atoms with Crippen molar-refractivity contribution in [2.24, 2.45) is 11.0 Å². The van der Waals surface area contributed by atoms with Crippen LogP contribution in [0.25, 0.3) is 0 Å². The number of halogens is 1. The van der Waals surface area contributed by atoms with E-state index < -0.39 is 5.92 Å². The Morgan fingerprint density at radius 3 is 2.81 bits per heavy atom. The molecule has 7 heteroatoms. The van der Waals surface area contributed by atoms with Crippen LogP contribution in [0, 0.1) is 5.92 Å². The van der Waals surface area contributed by atoms with Crippen LogP contribution < -0.4 is 15.1 Å². The van der Waals surface area contributed by atoms with E-state index in [0.29, 0.717) is 17.3 Å². The lowest BCUT2D eigenvalue weighted by atomic mass is 10.1. The van der Waals surface area contributed by atoms with Crippen LogP contribution in [-0.4, -0.2) is 31.7 Å². The summed E-state index contributed by atoms with van der Waals surface area (Å²) in [5.41, 5.74) is 4.03. The normalized spacial score (nSPS) is 16.9. The minimum atomic E-state index is -0.444. The van der Waals surface area contributed by atoms with E-state index in [1.807, 2.05) is 18.2 Å². The number of amides is 2. The number of hydrogen-bond donors (Lipinski definition) is 1. The highest BCUT2D eigenvalue weighted by atomic mass is 35.5. The Labute approximate surface area is 156 Å². The molecule has 1 fully saturated rings. The van der Waals surface area contributed by atoms with Gasteiger partial charge >= 0.3 is 0 Å². The van der Waals surface area contributed by atoms with Crippen molar-refractivity contribution in [3.8, 4) is 5.75 Å². The number of carbonyl (C=O) groups is 2. The summed E-state index contributed by atoms with van der Waals surface area (Å²) in [7, 11) is 1.58. The van der Waals surface area contributed by atoms with Crippen LogP contribution in [0.15, 0.2) is 53.6 Å². The quantitative estimate of drug-likeness (QED) is 0.649. The molecule has 0 aliphatic carbocycles. The summed E-state index contributed by atoms with van der Waals surface area (Å²) in [6.07, 6.45) is 1.69. The summed E-state index contributed by atoms with van der Waals surface area (Å²) in [6, 6.07) is 14.3. The molecule has 134 valence electrons. The van der Waals surface area contributed by atoms with Gasteiger partial charge < -0.3 is 9.64 Å². The zero-order valence-corrected chi connectivity index (χ0v) is 14.9. The first-order chi connectivity index (χ1) is 12.6. The molecule has 0 aromatic heterocycles. The Morgan fingerprint density at radius 2 is 2.08 bits per heavy atom. The summed E-state index contributed by atoms with van der Waals surface area (Å²) in [5, 5.41) is 4.57. The predicted molar refractivity (Wildman–Crippen MR) is 101 cm³/mol. The zero-order valence-electron chi connectivity index (χ0n) is 14.2. The first-order valence-electron chi connectivity index (χ1n) is 8.09. The standard InChI is InChI=1S/C19H18ClN3O3/c1-26-17-4-2-3-13(9-17)11-21-22-19(25)14-10-18(24)23(12-14)16-7-5-15(20)6-8-16/h2-9,11,14H,10,12H2,1H3,(H,22,25)/b21-11-/t14-/m1/s1. The Hall–Kier alpha value is -2.86. The second-order valence-electron chi connectivity index (χ2n) is 5.89. The van der Waals surface area contributed by atoms with Gasteiger partial charge in [-0.05, 0) is 42.0 Å². The number of nitrogens with one attached hydrogen (secondary N) is 1. The van der Waals surface area contributed by atoms with Gasteiger partial charge in [0.05, 0.1) is 19.2 Å². The van der Waals surface area contributed by atoms with E-state index in [1.165, 1.54) is 6.21 Å². The van der Waals surface area contributed by atoms with Crippen molar-refractivity contribution in [1.82, 2.24) is 5.43 Å². The molecule has 6 nitrogen and oxygen atoms in total. The number of nitrogens with zero attached hydrogens (tertiary/aromatic N) is 2. The molecule has 0 unspecified atom stereocenters. The van der Waals surface area contributed by atoms with E-state index in [9.17, 15) is 9.59 Å². The Kier molecular flexibility index (Phi) is 5.53. The second-order valence-corrected chi connectivity index (χ2v) is 6.33. The van der Waals surface area contributed by atoms with E-state index in [1.54, 1.807) is 42.3 Å². The maximum absolute atomic E-state index is 12.3. The maximum atomic E-state index is 12.3. The lowest BCUT2D eigenvalue weighted by Crippen LogP contribution is -2.30. The van der Waals surface area contributed by atoms with Crippen molar-refractivity contribution in [3.05, 3.63) is 59.1 Å². The largest absolute Gasteiger partial charge is 0.497 e. The van der Waals surface area contributed by atoms with E-state index >= 15 is 0 Å². The molecular weight excluding hydrogens is 354 g/mol. The number of anilines is 1. The molecule has 1 aliphatic heterocycles. The van der Waals surface area contributed by atoms with E-state index in [0.717, 1.165) is 11.3 Å². The molecule has 0 spiro atoms. The van der Waals surface area contributed by atoms with Gasteiger partial charge in [-0.15, -0.1) is 0 Å². The van der Waals surface area contributed by atoms with Crippen LogP contribution in [0.4, 0.5) is 5.69 Å². The fourth-order valence-corrected chi connectivity index (χ4v) is 2.86. The number of hydrogen-bond acceptors (Lipinski definition) is 4. The summed E-state index contributed by atoms with van der Waals surface area (Å²) >= 11 is 5.87. The zero-order chi connectivity index (χ0) is 18.5. The SMILES string of the molecule is COc1cccc(/C=N\NC(=O)[C@@H]2CC(=O)N(c3ccc(Cl)cc3)C2)c1. The highest BCUT2D eigenvalue weighted by Gasteiger charge is 2.35. The van der Waals surface area contributed by atoms with E-state index in [4.69, 9.17) is 16.3 Å². The molecule has 1 saturated heterocycles. The fourth-order valence-electron chi connectivity index (χ4n) is 2.74. The third-order valence-electron chi connectivity index (χ3n) is 4.12. The summed E-state index contributed by atoms with van der Waals surface area (Å²) in [5.74, 6) is -0.112. The molecule has 26 heavy (non-hydrogen) atoms. The van der Waals surface area contributed by atoms with Gasteiger partial charge in [0, 0.05) is 23.7 Å². The van der Waals surface area contributed by atoms with Crippen LogP contribution >= 0.6 is 11.6 Å². The number of hydrazone groups is 1. The van der Waals surface area contributed by atoms with Gasteiger partial charge in [0.2, 0.25) is 11.8 Å². The average molecular weight is 372 g/mol. The van der Waals surface area contributed by atoms with Crippen molar-refractivity contribution < 1.29 is 14.3 Å². The highest BCUT2D eigenvalue weighted by molar-refractivity contribution is 6.30. The molecule has 0 bridgehead atoms. The topological polar surface area (TPSA) is 71.0 Å². The van der Waals surface area contributed by atoms with Gasteiger partial charge in [-0.1, -0.05) is 23.7 Å². The predicted octanol–water partition coefficient (Wildman–Crippen LogP) is 2.85. The van der Waals surface area contributed by atoms with Crippen LogP contribution in [0.2, 0.25) is 5.02 Å². The molecule has 1 atom stereocenters. The maximum Gasteiger partial charge on any atom is 0.245 e. The molecule has 1 heterocycles. The number of methoxy groups -OCH3 is 1. The van der Waals surface area contributed by atoms with Crippen molar-refractivity contribution in [1.29, 1.82) is 0 Å². The van der Waals surface area contributed by atoms with Gasteiger partial charge in [0.15, 0.2) is 0 Å². The van der Waals surface area contributed by atoms with Gasteiger partial charge in [0.25, 0.3) is 0 Å². The molecule has 0 saturated carbocycles. The minimum absolute atomic E-state index is 0.0933. The average Bonchev–Trinajstić information content (AvgIpc) is 3.04. The van der Waals surface area contributed by atoms with Crippen LogP contribution in [0.1, 0.15) is 12.0 Å². The first-order valence-corrected chi connectivity index (χ1v) is 8.47. The van der Waals surface area contributed by atoms with Crippen LogP contribution in [-0.2, 0) is 9.59 Å². The summed E-state index contributed by atoms with van der Waals surface area (Å²) < 4.78 is 5.14. The van der Waals surface area contributed by atoms with E-state index in [-0.39, 0.29) is 18.2 Å². The Morgan fingerprint density at radius 1 is 1.31 bits per heavy atom. The molecule has 2 amide bonds. The first kappa shape index (κ1) is 17.9. The third-order valence-corrected chi connectivity index (χ3v) is 4.37. The monoisotopic (exact) mass is 371 g/mol. The van der Waals surface area contributed by atoms with Gasteiger partial charge in [-0.25, -0.2) is 5.43 Å². The molecule has 2 aromatic carbocycles. The fraction of sp³-hybridized carbons (Fsp3) is 0.211. The highest BCUT2D eigenvalue weighted by Crippen LogP contribution is 2.26. The smallest absolute Gasteiger partial charge is 0.245 e. The molecular formula is C19H18ClN3O3. The Bertz CT molecular complexity index is 836. The minimum Gasteiger partial charge on any atom is -0.497 e. The number of rotatable bonds is 5. The van der Waals surface area contributed by atoms with E-state index in [2.05, 4.69) is 10.5 Å². The lowest BCUT2D eigenvalue weighted by molar-refractivity contribution is -0.126. The molecule has 1 N–H and O–H groups in total. The summed E-state index contributed by atoms with van der Waals surface area (Å²) in [4.78, 5) is 26.1. The molecule has 3 rings (SSSR count). The Balaban J connectivity index is 1.59. The number of carbonyl (C=O) groups excluding carboxylic acids is 2. The molecule has 1 aliphatic rings. The van der Waals surface area contributed by atoms with Crippen molar-refractivity contribution in [2.45, 2.75) is 6.42 Å². The van der Waals surface area contributed by atoms with Crippen LogP contribution in [0.3, 0.4) is 0 Å². The number of ether oxygens (including phenoxy) is 1. The van der Waals surface area contributed by atoms with Crippen molar-refractivity contribution >= 4 is 35.3 Å².